The molecule has 0 radical (unpaired) electrons. The molecule has 1 saturated heterocycles. The molecule has 0 spiro atoms. The Labute approximate surface area is 169 Å². The highest BCUT2D eigenvalue weighted by molar-refractivity contribution is 14.0. The maximum Gasteiger partial charge on any atom is 0.305 e. The van der Waals surface area contributed by atoms with Crippen LogP contribution < -0.4 is 10.6 Å². The van der Waals surface area contributed by atoms with Crippen molar-refractivity contribution in [3.63, 3.8) is 0 Å². The number of carbonyl (C=O) groups is 1. The van der Waals surface area contributed by atoms with Crippen LogP contribution >= 0.6 is 24.0 Å². The molecular formula is C17H35IN4O3. The molecule has 0 saturated carbocycles. The van der Waals surface area contributed by atoms with Gasteiger partial charge in [0, 0.05) is 38.1 Å². The van der Waals surface area contributed by atoms with E-state index in [1.165, 1.54) is 7.11 Å². The summed E-state index contributed by atoms with van der Waals surface area (Å²) in [5.74, 6) is 0.680. The summed E-state index contributed by atoms with van der Waals surface area (Å²) in [6, 6.07) is 0. The highest BCUT2D eigenvalue weighted by atomic mass is 127. The van der Waals surface area contributed by atoms with Gasteiger partial charge in [0.15, 0.2) is 5.96 Å². The summed E-state index contributed by atoms with van der Waals surface area (Å²) in [6.45, 7) is 12.4. The molecule has 7 nitrogen and oxygen atoms in total. The Kier molecular flexibility index (Phi) is 13.2. The summed E-state index contributed by atoms with van der Waals surface area (Å²) in [5, 5.41) is 6.60. The number of esters is 1. The van der Waals surface area contributed by atoms with E-state index < -0.39 is 0 Å². The van der Waals surface area contributed by atoms with Crippen LogP contribution in [0.25, 0.3) is 0 Å². The van der Waals surface area contributed by atoms with Gasteiger partial charge in [-0.15, -0.1) is 24.0 Å². The predicted molar refractivity (Wildman–Crippen MR) is 112 cm³/mol. The van der Waals surface area contributed by atoms with Crippen molar-refractivity contribution in [3.05, 3.63) is 0 Å². The number of hydrogen-bond donors (Lipinski definition) is 2. The number of methoxy groups -OCH3 is 1. The Bertz CT molecular complexity index is 399. The lowest BCUT2D eigenvalue weighted by Gasteiger charge is -2.39. The Balaban J connectivity index is 0.00000576. The zero-order valence-electron chi connectivity index (χ0n) is 16.1. The Morgan fingerprint density at radius 2 is 1.92 bits per heavy atom. The number of morpholine rings is 1. The van der Waals surface area contributed by atoms with Crippen molar-refractivity contribution in [2.24, 2.45) is 4.99 Å². The first-order valence-electron chi connectivity index (χ1n) is 8.91. The summed E-state index contributed by atoms with van der Waals surface area (Å²) in [7, 11) is 1.42. The van der Waals surface area contributed by atoms with E-state index in [0.717, 1.165) is 64.7 Å². The van der Waals surface area contributed by atoms with Crippen LogP contribution in [0.1, 0.15) is 40.0 Å². The van der Waals surface area contributed by atoms with Crippen LogP contribution in [0.2, 0.25) is 0 Å². The van der Waals surface area contributed by atoms with Gasteiger partial charge >= 0.3 is 5.97 Å². The van der Waals surface area contributed by atoms with Crippen LogP contribution in [-0.4, -0.2) is 75.4 Å². The third kappa shape index (κ3) is 10.2. The number of unbranched alkanes of at least 4 members (excludes halogenated alkanes) is 1. The first-order chi connectivity index (χ1) is 11.5. The van der Waals surface area contributed by atoms with E-state index >= 15 is 0 Å². The molecule has 0 unspecified atom stereocenters. The SMILES string of the molecule is CCNC(=NCC(C)(C)N1CCOCC1)NCCCCC(=O)OC.I. The molecule has 25 heavy (non-hydrogen) atoms. The lowest BCUT2D eigenvalue weighted by Crippen LogP contribution is -2.52. The standard InChI is InChI=1S/C17H34N4O3.HI/c1-5-18-16(19-9-7-6-8-15(22)23-4)20-14-17(2,3)21-10-12-24-13-11-21;/h5-14H2,1-4H3,(H2,18,19,20);1H. The number of nitrogens with one attached hydrogen (secondary N) is 2. The first-order valence-corrected chi connectivity index (χ1v) is 8.91. The minimum Gasteiger partial charge on any atom is -0.469 e. The summed E-state index contributed by atoms with van der Waals surface area (Å²) in [4.78, 5) is 18.2. The third-order valence-electron chi connectivity index (χ3n) is 4.16. The normalized spacial score (nSPS) is 16.1. The molecule has 1 fully saturated rings. The van der Waals surface area contributed by atoms with E-state index in [9.17, 15) is 4.79 Å². The fraction of sp³-hybridized carbons (Fsp3) is 0.882. The zero-order chi connectivity index (χ0) is 17.8. The van der Waals surface area contributed by atoms with Crippen molar-refractivity contribution < 1.29 is 14.3 Å². The van der Waals surface area contributed by atoms with Gasteiger partial charge in [-0.25, -0.2) is 0 Å². The molecule has 0 aromatic carbocycles. The fourth-order valence-corrected chi connectivity index (χ4v) is 2.59. The van der Waals surface area contributed by atoms with Crippen molar-refractivity contribution in [1.29, 1.82) is 0 Å². The highest BCUT2D eigenvalue weighted by Gasteiger charge is 2.28. The third-order valence-corrected chi connectivity index (χ3v) is 4.16. The Morgan fingerprint density at radius 3 is 2.52 bits per heavy atom. The van der Waals surface area contributed by atoms with Crippen molar-refractivity contribution in [1.82, 2.24) is 15.5 Å². The van der Waals surface area contributed by atoms with Gasteiger partial charge in [-0.05, 0) is 33.6 Å². The van der Waals surface area contributed by atoms with E-state index in [0.29, 0.717) is 6.42 Å². The van der Waals surface area contributed by atoms with Crippen LogP contribution in [-0.2, 0) is 14.3 Å². The summed E-state index contributed by atoms with van der Waals surface area (Å²) in [5.41, 5.74) is 0.0109. The first kappa shape index (κ1) is 24.4. The molecule has 1 rings (SSSR count). The molecule has 0 amide bonds. The molecule has 1 aliphatic rings. The smallest absolute Gasteiger partial charge is 0.305 e. The van der Waals surface area contributed by atoms with E-state index in [4.69, 9.17) is 9.73 Å². The monoisotopic (exact) mass is 470 g/mol. The fourth-order valence-electron chi connectivity index (χ4n) is 2.59. The van der Waals surface area contributed by atoms with Crippen LogP contribution in [0.15, 0.2) is 4.99 Å². The van der Waals surface area contributed by atoms with Crippen molar-refractivity contribution in [3.8, 4) is 0 Å². The minimum atomic E-state index is -0.150. The number of rotatable bonds is 9. The van der Waals surface area contributed by atoms with Crippen molar-refractivity contribution in [2.75, 3.05) is 53.0 Å². The second-order valence-corrected chi connectivity index (χ2v) is 6.57. The van der Waals surface area contributed by atoms with Gasteiger partial charge < -0.3 is 20.1 Å². The molecule has 2 N–H and O–H groups in total. The molecule has 1 heterocycles. The quantitative estimate of drug-likeness (QED) is 0.175. The van der Waals surface area contributed by atoms with Crippen LogP contribution in [0.5, 0.6) is 0 Å². The molecule has 0 aromatic heterocycles. The van der Waals surface area contributed by atoms with E-state index in [1.54, 1.807) is 0 Å². The second kappa shape index (κ2) is 13.6. The average molecular weight is 470 g/mol. The van der Waals surface area contributed by atoms with Gasteiger partial charge in [-0.3, -0.25) is 14.7 Å². The molecule has 148 valence electrons. The lowest BCUT2D eigenvalue weighted by molar-refractivity contribution is -0.140. The van der Waals surface area contributed by atoms with Gasteiger partial charge in [0.2, 0.25) is 0 Å². The maximum atomic E-state index is 11.1. The van der Waals surface area contributed by atoms with Gasteiger partial charge in [0.1, 0.15) is 0 Å². The van der Waals surface area contributed by atoms with Crippen molar-refractivity contribution in [2.45, 2.75) is 45.6 Å². The van der Waals surface area contributed by atoms with Gasteiger partial charge in [-0.2, -0.15) is 0 Å². The zero-order valence-corrected chi connectivity index (χ0v) is 18.4. The summed E-state index contributed by atoms with van der Waals surface area (Å²) < 4.78 is 10.1. The molecular weight excluding hydrogens is 435 g/mol. The maximum absolute atomic E-state index is 11.1. The van der Waals surface area contributed by atoms with E-state index in [-0.39, 0.29) is 35.5 Å². The van der Waals surface area contributed by atoms with Crippen LogP contribution in [0.3, 0.4) is 0 Å². The number of nitrogens with zero attached hydrogens (tertiary/aromatic N) is 2. The number of aliphatic imine (C=N–C) groups is 1. The van der Waals surface area contributed by atoms with E-state index in [1.807, 2.05) is 0 Å². The number of ether oxygens (including phenoxy) is 2. The number of guanidine groups is 1. The molecule has 0 aliphatic carbocycles. The topological polar surface area (TPSA) is 75.2 Å². The Hall–Kier alpha value is -0.610. The van der Waals surface area contributed by atoms with Gasteiger partial charge in [-0.1, -0.05) is 0 Å². The average Bonchev–Trinajstić information content (AvgIpc) is 2.59. The summed E-state index contributed by atoms with van der Waals surface area (Å²) >= 11 is 0. The largest absolute Gasteiger partial charge is 0.469 e. The molecule has 0 aromatic rings. The molecule has 8 heteroatoms. The minimum absolute atomic E-state index is 0. The molecule has 0 bridgehead atoms. The van der Waals surface area contributed by atoms with Crippen LogP contribution in [0.4, 0.5) is 0 Å². The summed E-state index contributed by atoms with van der Waals surface area (Å²) in [6.07, 6.45) is 2.20. The van der Waals surface area contributed by atoms with Crippen LogP contribution in [0, 0.1) is 0 Å². The lowest BCUT2D eigenvalue weighted by atomic mass is 10.0. The highest BCUT2D eigenvalue weighted by Crippen LogP contribution is 2.16. The van der Waals surface area contributed by atoms with E-state index in [2.05, 4.69) is 41.0 Å². The molecule has 0 atom stereocenters. The molecule has 1 aliphatic heterocycles. The number of hydrogen-bond acceptors (Lipinski definition) is 5. The van der Waals surface area contributed by atoms with Crippen molar-refractivity contribution >= 4 is 35.9 Å². The Morgan fingerprint density at radius 1 is 1.24 bits per heavy atom. The number of halogens is 1. The predicted octanol–water partition coefficient (Wildman–Crippen LogP) is 1.61. The number of carbonyl (C=O) groups excluding carboxylic acids is 1. The van der Waals surface area contributed by atoms with Gasteiger partial charge in [0.05, 0.1) is 26.9 Å². The van der Waals surface area contributed by atoms with Gasteiger partial charge in [0.25, 0.3) is 0 Å². The second-order valence-electron chi connectivity index (χ2n) is 6.57.